The Kier molecular flexibility index (Phi) is 4.28. The van der Waals surface area contributed by atoms with E-state index >= 15 is 0 Å². The van der Waals surface area contributed by atoms with Crippen molar-refractivity contribution in [3.05, 3.63) is 30.2 Å². The molecule has 0 saturated carbocycles. The van der Waals surface area contributed by atoms with E-state index in [1.54, 1.807) is 65.1 Å². The van der Waals surface area contributed by atoms with Gasteiger partial charge < -0.3 is 19.1 Å². The van der Waals surface area contributed by atoms with Crippen molar-refractivity contribution in [2.24, 2.45) is 7.05 Å². The first-order chi connectivity index (χ1) is 11.5. The van der Waals surface area contributed by atoms with Crippen LogP contribution in [0.25, 0.3) is 11.5 Å². The van der Waals surface area contributed by atoms with Crippen molar-refractivity contribution < 1.29 is 14.0 Å². The number of rotatable bonds is 2. The highest BCUT2D eigenvalue weighted by Gasteiger charge is 2.28. The summed E-state index contributed by atoms with van der Waals surface area (Å²) in [7, 11) is 5.23. The van der Waals surface area contributed by atoms with E-state index in [1.165, 1.54) is 0 Å². The molecule has 0 spiro atoms. The molecule has 0 aromatic carbocycles. The van der Waals surface area contributed by atoms with Crippen LogP contribution in [-0.2, 0) is 7.05 Å². The highest BCUT2D eigenvalue weighted by Crippen LogP contribution is 2.24. The third kappa shape index (κ3) is 2.99. The van der Waals surface area contributed by atoms with Crippen LogP contribution in [-0.4, -0.2) is 76.7 Å². The van der Waals surface area contributed by atoms with Gasteiger partial charge in [-0.3, -0.25) is 9.48 Å². The number of amides is 3. The van der Waals surface area contributed by atoms with Crippen molar-refractivity contribution >= 4 is 11.9 Å². The van der Waals surface area contributed by atoms with Crippen LogP contribution in [0.4, 0.5) is 4.79 Å². The number of hydrogen-bond donors (Lipinski definition) is 0. The second-order valence-corrected chi connectivity index (χ2v) is 6.00. The van der Waals surface area contributed by atoms with Crippen molar-refractivity contribution in [1.29, 1.82) is 0 Å². The largest absolute Gasteiger partial charge is 0.463 e. The molecule has 1 saturated heterocycles. The summed E-state index contributed by atoms with van der Waals surface area (Å²) >= 11 is 0. The van der Waals surface area contributed by atoms with Gasteiger partial charge in [0.15, 0.2) is 5.76 Å². The lowest BCUT2D eigenvalue weighted by atomic mass is 10.1. The predicted molar refractivity (Wildman–Crippen MR) is 87.5 cm³/mol. The standard InChI is InChI=1S/C16H21N5O3/c1-18(2)16(23)21-8-6-20(7-9-21)15(22)12-11-19(3)17-14(12)13-5-4-10-24-13/h4-5,10-11H,6-9H2,1-3H3. The van der Waals surface area contributed by atoms with Gasteiger partial charge in [-0.1, -0.05) is 0 Å². The lowest BCUT2D eigenvalue weighted by Crippen LogP contribution is -2.52. The number of carbonyl (C=O) groups is 2. The van der Waals surface area contributed by atoms with Gasteiger partial charge in [-0.25, -0.2) is 4.79 Å². The molecule has 1 aliphatic heterocycles. The average molecular weight is 331 g/mol. The third-order valence-electron chi connectivity index (χ3n) is 4.03. The van der Waals surface area contributed by atoms with Crippen molar-refractivity contribution in [2.75, 3.05) is 40.3 Å². The second-order valence-electron chi connectivity index (χ2n) is 6.00. The molecule has 3 heterocycles. The summed E-state index contributed by atoms with van der Waals surface area (Å²) in [5.41, 5.74) is 1.05. The van der Waals surface area contributed by atoms with Gasteiger partial charge in [0.2, 0.25) is 0 Å². The molecule has 0 aliphatic carbocycles. The maximum Gasteiger partial charge on any atom is 0.319 e. The maximum absolute atomic E-state index is 12.9. The van der Waals surface area contributed by atoms with E-state index in [0.29, 0.717) is 43.2 Å². The number of furan rings is 1. The zero-order valence-corrected chi connectivity index (χ0v) is 14.1. The van der Waals surface area contributed by atoms with Crippen molar-refractivity contribution in [3.8, 4) is 11.5 Å². The Hall–Kier alpha value is -2.77. The van der Waals surface area contributed by atoms with E-state index in [2.05, 4.69) is 5.10 Å². The number of urea groups is 1. The van der Waals surface area contributed by atoms with E-state index in [4.69, 9.17) is 4.42 Å². The van der Waals surface area contributed by atoms with Crippen LogP contribution in [0.1, 0.15) is 10.4 Å². The fourth-order valence-electron chi connectivity index (χ4n) is 2.79. The molecule has 8 heteroatoms. The molecule has 8 nitrogen and oxygen atoms in total. The summed E-state index contributed by atoms with van der Waals surface area (Å²) < 4.78 is 6.99. The van der Waals surface area contributed by atoms with Crippen molar-refractivity contribution in [3.63, 3.8) is 0 Å². The summed E-state index contributed by atoms with van der Waals surface area (Å²) in [5.74, 6) is 0.479. The quantitative estimate of drug-likeness (QED) is 0.826. The zero-order chi connectivity index (χ0) is 17.3. The summed E-state index contributed by atoms with van der Waals surface area (Å²) in [6.45, 7) is 2.06. The minimum absolute atomic E-state index is 0.0280. The summed E-state index contributed by atoms with van der Waals surface area (Å²) in [4.78, 5) is 29.9. The first-order valence-electron chi connectivity index (χ1n) is 7.80. The number of aromatic nitrogens is 2. The lowest BCUT2D eigenvalue weighted by Gasteiger charge is -2.35. The highest BCUT2D eigenvalue weighted by atomic mass is 16.3. The minimum Gasteiger partial charge on any atom is -0.463 e. The molecule has 2 aromatic heterocycles. The van der Waals surface area contributed by atoms with Crippen LogP contribution in [0.3, 0.4) is 0 Å². The lowest BCUT2D eigenvalue weighted by molar-refractivity contribution is 0.0650. The zero-order valence-electron chi connectivity index (χ0n) is 14.1. The van der Waals surface area contributed by atoms with E-state index in [0.717, 1.165) is 0 Å². The summed E-state index contributed by atoms with van der Waals surface area (Å²) in [6.07, 6.45) is 3.27. The van der Waals surface area contributed by atoms with Crippen LogP contribution in [0.5, 0.6) is 0 Å². The molecule has 0 unspecified atom stereocenters. The molecule has 2 aromatic rings. The molecule has 24 heavy (non-hydrogen) atoms. The Morgan fingerprint density at radius 1 is 1.17 bits per heavy atom. The number of hydrogen-bond acceptors (Lipinski definition) is 4. The molecule has 3 amide bonds. The van der Waals surface area contributed by atoms with E-state index in [-0.39, 0.29) is 11.9 Å². The molecular formula is C16H21N5O3. The monoisotopic (exact) mass is 331 g/mol. The van der Waals surface area contributed by atoms with Crippen LogP contribution >= 0.6 is 0 Å². The van der Waals surface area contributed by atoms with Gasteiger partial charge in [-0.15, -0.1) is 0 Å². The Labute approximate surface area is 140 Å². The molecule has 1 aliphatic rings. The molecule has 3 rings (SSSR count). The number of carbonyl (C=O) groups excluding carboxylic acids is 2. The van der Waals surface area contributed by atoms with Crippen molar-refractivity contribution in [2.45, 2.75) is 0 Å². The van der Waals surface area contributed by atoms with Crippen molar-refractivity contribution in [1.82, 2.24) is 24.5 Å². The Balaban J connectivity index is 1.74. The van der Waals surface area contributed by atoms with Gasteiger partial charge in [0.05, 0.1) is 11.8 Å². The topological polar surface area (TPSA) is 74.8 Å². The number of nitrogens with zero attached hydrogens (tertiary/aromatic N) is 5. The molecule has 1 fully saturated rings. The SMILES string of the molecule is CN(C)C(=O)N1CCN(C(=O)c2cn(C)nc2-c2ccco2)CC1. The number of piperazine rings is 1. The number of aryl methyl sites for hydroxylation is 1. The molecular weight excluding hydrogens is 310 g/mol. The minimum atomic E-state index is -0.0912. The molecule has 0 N–H and O–H groups in total. The summed E-state index contributed by atoms with van der Waals surface area (Å²) in [5, 5.41) is 4.34. The Morgan fingerprint density at radius 3 is 2.42 bits per heavy atom. The van der Waals surface area contributed by atoms with E-state index < -0.39 is 0 Å². The third-order valence-corrected chi connectivity index (χ3v) is 4.03. The van der Waals surface area contributed by atoms with Crippen LogP contribution in [0.2, 0.25) is 0 Å². The van der Waals surface area contributed by atoms with Gasteiger partial charge in [-0.05, 0) is 12.1 Å². The van der Waals surface area contributed by atoms with Gasteiger partial charge in [0.1, 0.15) is 5.69 Å². The fourth-order valence-corrected chi connectivity index (χ4v) is 2.79. The van der Waals surface area contributed by atoms with Crippen LogP contribution in [0, 0.1) is 0 Å². The fraction of sp³-hybridized carbons (Fsp3) is 0.438. The molecule has 0 radical (unpaired) electrons. The van der Waals surface area contributed by atoms with Gasteiger partial charge in [0.25, 0.3) is 5.91 Å². The highest BCUT2D eigenvalue weighted by molar-refractivity contribution is 5.99. The predicted octanol–water partition coefficient (Wildman–Crippen LogP) is 1.12. The van der Waals surface area contributed by atoms with Gasteiger partial charge in [0, 0.05) is 53.5 Å². The molecule has 0 bridgehead atoms. The van der Waals surface area contributed by atoms with E-state index in [1.807, 2.05) is 0 Å². The Morgan fingerprint density at radius 2 is 1.83 bits per heavy atom. The molecule has 128 valence electrons. The average Bonchev–Trinajstić information content (AvgIpc) is 3.22. The molecule has 0 atom stereocenters. The van der Waals surface area contributed by atoms with Crippen LogP contribution < -0.4 is 0 Å². The first-order valence-corrected chi connectivity index (χ1v) is 7.80. The second kappa shape index (κ2) is 6.38. The maximum atomic E-state index is 12.9. The van der Waals surface area contributed by atoms with Gasteiger partial charge in [-0.2, -0.15) is 5.10 Å². The van der Waals surface area contributed by atoms with Gasteiger partial charge >= 0.3 is 6.03 Å². The van der Waals surface area contributed by atoms with E-state index in [9.17, 15) is 9.59 Å². The first kappa shape index (κ1) is 16.1. The van der Waals surface area contributed by atoms with Crippen LogP contribution in [0.15, 0.2) is 29.0 Å². The smallest absolute Gasteiger partial charge is 0.319 e. The summed E-state index contributed by atoms with van der Waals surface area (Å²) in [6, 6.07) is 3.52. The normalized spacial score (nSPS) is 14.8. The Bertz CT molecular complexity index is 727.